The van der Waals surface area contributed by atoms with E-state index in [0.717, 1.165) is 135 Å². The third-order valence-electron chi connectivity index (χ3n) is 14.8. The van der Waals surface area contributed by atoms with E-state index in [0.29, 0.717) is 17.4 Å². The molecule has 0 radical (unpaired) electrons. The van der Waals surface area contributed by atoms with Crippen LogP contribution in [-0.2, 0) is 18.4 Å². The van der Waals surface area contributed by atoms with Gasteiger partial charge in [0.25, 0.3) is 0 Å². The molecule has 0 aromatic rings. The highest BCUT2D eigenvalue weighted by molar-refractivity contribution is 7.47. The number of phosphoric acid groups is 1. The van der Waals surface area contributed by atoms with Gasteiger partial charge in [0.05, 0.1) is 39.9 Å². The average molecular weight is 1250 g/mol. The van der Waals surface area contributed by atoms with Crippen LogP contribution in [0.5, 0.6) is 0 Å². The van der Waals surface area contributed by atoms with Crippen molar-refractivity contribution in [2.45, 2.75) is 276 Å². The lowest BCUT2D eigenvalue weighted by Gasteiger charge is -2.25. The average Bonchev–Trinajstić information content (AvgIpc) is 3.61. The minimum absolute atomic E-state index is 0.0384. The van der Waals surface area contributed by atoms with Crippen LogP contribution in [-0.4, -0.2) is 73.4 Å². The van der Waals surface area contributed by atoms with Crippen molar-refractivity contribution in [3.05, 3.63) is 182 Å². The molecule has 1 amide bonds. The Hall–Kier alpha value is -4.40. The van der Waals surface area contributed by atoms with Crippen molar-refractivity contribution in [1.82, 2.24) is 5.32 Å². The standard InChI is InChI=1S/C80H133N2O6P/c1-6-8-10-12-14-16-18-20-22-24-26-28-30-32-34-35-36-37-38-39-40-41-42-43-44-45-46-47-48-50-52-54-56-58-60-62-64-66-68-70-72-74-80(84)81-78(77-88-89(85,86)87-76-75-82(3,4)5)79(83)73-71-69-67-65-63-61-59-57-55-53-51-49-33-31-29-27-25-23-21-19-17-15-13-11-9-7-2/h8,10,14,16,20,22,26,28,32,34,36-37,39-40,42-43,45-46,48,50,54-57,60,62-63,65,71,73,78-79,83H,6-7,9,11-13,15,17-19,21,23-25,27,29-31,33,35,38,41,44,47,49,51-53,58-59,61,64,66-70,72,74-77H2,1-5H3,(H-,81,84,85,86)/p+1/b10-8-,16-14-,22-20-,28-26-,34-32-,37-36-,40-39-,43-42-,46-45-,50-48-,56-54-,57-55+,62-60-,65-63+,73-71+. The second-order valence-electron chi connectivity index (χ2n) is 24.5. The van der Waals surface area contributed by atoms with Gasteiger partial charge < -0.3 is 19.8 Å². The molecule has 504 valence electrons. The van der Waals surface area contributed by atoms with Crippen LogP contribution in [0, 0.1) is 0 Å². The summed E-state index contributed by atoms with van der Waals surface area (Å²) in [4.78, 5) is 23.4. The number of hydrogen-bond donors (Lipinski definition) is 3. The number of aliphatic hydroxyl groups excluding tert-OH is 1. The number of quaternary nitrogens is 1. The fraction of sp³-hybridized carbons (Fsp3) is 0.613. The number of unbranched alkanes of at least 4 members (excludes halogenated alkanes) is 22. The van der Waals surface area contributed by atoms with Crippen molar-refractivity contribution in [3.8, 4) is 0 Å². The molecule has 0 fully saturated rings. The first kappa shape index (κ1) is 84.6. The van der Waals surface area contributed by atoms with Crippen LogP contribution in [0.3, 0.4) is 0 Å². The zero-order valence-corrected chi connectivity index (χ0v) is 58.5. The van der Waals surface area contributed by atoms with Gasteiger partial charge in [-0.25, -0.2) is 4.57 Å². The van der Waals surface area contributed by atoms with Crippen molar-refractivity contribution >= 4 is 13.7 Å². The molecule has 0 bridgehead atoms. The summed E-state index contributed by atoms with van der Waals surface area (Å²) in [5.74, 6) is -0.221. The smallest absolute Gasteiger partial charge is 0.387 e. The number of rotatable bonds is 63. The molecule has 3 atom stereocenters. The highest BCUT2D eigenvalue weighted by Crippen LogP contribution is 2.43. The Morgan fingerprint density at radius 3 is 1.03 bits per heavy atom. The van der Waals surface area contributed by atoms with E-state index >= 15 is 0 Å². The van der Waals surface area contributed by atoms with Crippen molar-refractivity contribution in [2.75, 3.05) is 40.9 Å². The van der Waals surface area contributed by atoms with E-state index in [1.807, 2.05) is 27.2 Å². The van der Waals surface area contributed by atoms with Crippen molar-refractivity contribution in [3.63, 3.8) is 0 Å². The zero-order valence-electron chi connectivity index (χ0n) is 57.6. The fourth-order valence-electron chi connectivity index (χ4n) is 9.35. The molecule has 9 heteroatoms. The van der Waals surface area contributed by atoms with Crippen LogP contribution in [0.4, 0.5) is 0 Å². The summed E-state index contributed by atoms with van der Waals surface area (Å²) in [5, 5.41) is 14.0. The van der Waals surface area contributed by atoms with Crippen LogP contribution in [0.15, 0.2) is 182 Å². The molecule has 0 aliphatic carbocycles. The molecule has 3 N–H and O–H groups in total. The van der Waals surface area contributed by atoms with E-state index in [1.54, 1.807) is 6.08 Å². The Labute approximate surface area is 548 Å². The molecule has 0 saturated heterocycles. The van der Waals surface area contributed by atoms with Crippen LogP contribution >= 0.6 is 7.82 Å². The van der Waals surface area contributed by atoms with Crippen molar-refractivity contribution < 1.29 is 32.9 Å². The first-order chi connectivity index (χ1) is 43.5. The maximum absolute atomic E-state index is 13.0. The summed E-state index contributed by atoms with van der Waals surface area (Å²) in [5.41, 5.74) is 0. The Kier molecular flexibility index (Phi) is 64.6. The lowest BCUT2D eigenvalue weighted by atomic mass is 10.0. The van der Waals surface area contributed by atoms with Crippen LogP contribution in [0.1, 0.15) is 264 Å². The summed E-state index contributed by atoms with van der Waals surface area (Å²) < 4.78 is 23.8. The van der Waals surface area contributed by atoms with Gasteiger partial charge in [0, 0.05) is 6.42 Å². The second kappa shape index (κ2) is 68.0. The van der Waals surface area contributed by atoms with Gasteiger partial charge >= 0.3 is 7.82 Å². The SMILES string of the molecule is CC/C=C\C/C=C\C/C=C\C/C=C\C/C=C\C/C=C\C/C=C\C/C=C\C/C=C\C/C=C\C/C=C\C/C=C\CCCCCCC(=O)NC(COP(=O)(O)OCC[N+](C)(C)C)C(O)/C=C/CC/C=C/CC/C=C/CCCCCCCCCCCCCCCCCC. The molecule has 89 heavy (non-hydrogen) atoms. The van der Waals surface area contributed by atoms with Crippen LogP contribution < -0.4 is 5.32 Å². The molecular formula is C80H134N2O6P+. The minimum atomic E-state index is -4.39. The third kappa shape index (κ3) is 70.9. The van der Waals surface area contributed by atoms with Crippen molar-refractivity contribution in [1.29, 1.82) is 0 Å². The number of carbonyl (C=O) groups is 1. The Morgan fingerprint density at radius 1 is 0.393 bits per heavy atom. The number of nitrogens with one attached hydrogen (secondary N) is 1. The van der Waals surface area contributed by atoms with Gasteiger partial charge in [-0.2, -0.15) is 0 Å². The van der Waals surface area contributed by atoms with Crippen LogP contribution in [0.25, 0.3) is 0 Å². The Balaban J connectivity index is 4.26. The Bertz CT molecular complexity index is 2110. The molecule has 0 spiro atoms. The van der Waals surface area contributed by atoms with Gasteiger partial charge in [0.1, 0.15) is 13.2 Å². The van der Waals surface area contributed by atoms with Gasteiger partial charge in [0.2, 0.25) is 5.91 Å². The first-order valence-corrected chi connectivity index (χ1v) is 37.2. The number of hydrogen-bond acceptors (Lipinski definition) is 5. The molecule has 0 aromatic heterocycles. The number of amides is 1. The molecule has 0 aromatic carbocycles. The van der Waals surface area contributed by atoms with E-state index in [-0.39, 0.29) is 19.1 Å². The quantitative estimate of drug-likeness (QED) is 0.0243. The normalized spacial score (nSPS) is 14.7. The predicted octanol–water partition coefficient (Wildman–Crippen LogP) is 23.3. The maximum atomic E-state index is 13.0. The number of aliphatic hydroxyl groups is 1. The van der Waals surface area contributed by atoms with E-state index in [2.05, 4.69) is 189 Å². The lowest BCUT2D eigenvalue weighted by molar-refractivity contribution is -0.870. The molecule has 0 aliphatic rings. The number of phosphoric ester groups is 1. The summed E-state index contributed by atoms with van der Waals surface area (Å²) in [6, 6.07) is -0.900. The van der Waals surface area contributed by atoms with Gasteiger partial charge in [-0.3, -0.25) is 13.8 Å². The predicted molar refractivity (Wildman–Crippen MR) is 391 cm³/mol. The largest absolute Gasteiger partial charge is 0.472 e. The fourth-order valence-corrected chi connectivity index (χ4v) is 10.1. The summed E-state index contributed by atoms with van der Waals surface area (Å²) >= 11 is 0. The molecule has 0 rings (SSSR count). The van der Waals surface area contributed by atoms with E-state index in [4.69, 9.17) is 9.05 Å². The number of carbonyl (C=O) groups excluding carboxylic acids is 1. The van der Waals surface area contributed by atoms with Gasteiger partial charge in [-0.15, -0.1) is 0 Å². The molecule has 0 aliphatic heterocycles. The van der Waals surface area contributed by atoms with E-state index < -0.39 is 20.0 Å². The zero-order chi connectivity index (χ0) is 64.8. The number of allylic oxidation sites excluding steroid dienone is 29. The number of nitrogens with zero attached hydrogens (tertiary/aromatic N) is 1. The van der Waals surface area contributed by atoms with Crippen molar-refractivity contribution in [2.24, 2.45) is 0 Å². The maximum Gasteiger partial charge on any atom is 0.472 e. The summed E-state index contributed by atoms with van der Waals surface area (Å²) in [6.45, 7) is 4.65. The molecule has 8 nitrogen and oxygen atoms in total. The molecule has 3 unspecified atom stereocenters. The van der Waals surface area contributed by atoms with Gasteiger partial charge in [0.15, 0.2) is 0 Å². The second-order valence-corrected chi connectivity index (χ2v) is 26.0. The molecule has 0 saturated carbocycles. The minimum Gasteiger partial charge on any atom is -0.387 e. The summed E-state index contributed by atoms with van der Waals surface area (Å²) in [6.07, 6.45) is 109. The summed E-state index contributed by atoms with van der Waals surface area (Å²) in [7, 11) is 1.50. The van der Waals surface area contributed by atoms with E-state index in [9.17, 15) is 19.4 Å². The van der Waals surface area contributed by atoms with Crippen LogP contribution in [0.2, 0.25) is 0 Å². The number of likely N-dealkylation sites (N-methyl/N-ethyl adjacent to an activating group) is 1. The Morgan fingerprint density at radius 2 is 0.685 bits per heavy atom. The molecule has 0 heterocycles. The van der Waals surface area contributed by atoms with Gasteiger partial charge in [-0.05, 0) is 135 Å². The van der Waals surface area contributed by atoms with E-state index in [1.165, 1.54) is 109 Å². The lowest BCUT2D eigenvalue weighted by Crippen LogP contribution is -2.45. The van der Waals surface area contributed by atoms with Gasteiger partial charge in [-0.1, -0.05) is 305 Å². The topological polar surface area (TPSA) is 105 Å². The molecular weight excluding hydrogens is 1120 g/mol. The highest BCUT2D eigenvalue weighted by atomic mass is 31.2. The third-order valence-corrected chi connectivity index (χ3v) is 15.8. The first-order valence-electron chi connectivity index (χ1n) is 35.7. The monoisotopic (exact) mass is 1250 g/mol. The highest BCUT2D eigenvalue weighted by Gasteiger charge is 2.28.